The Hall–Kier alpha value is -1.39. The summed E-state index contributed by atoms with van der Waals surface area (Å²) < 4.78 is 38.7. The van der Waals surface area contributed by atoms with Crippen LogP contribution in [0.5, 0.6) is 0 Å². The number of nitrogen functional groups attached to an aromatic ring is 1. The fraction of sp³-hybridized carbons (Fsp3) is 0.625. The summed E-state index contributed by atoms with van der Waals surface area (Å²) in [5.41, 5.74) is 4.97. The quantitative estimate of drug-likeness (QED) is 0.504. The van der Waals surface area contributed by atoms with Crippen LogP contribution in [0.25, 0.3) is 0 Å². The Labute approximate surface area is 124 Å². The second-order valence-corrected chi connectivity index (χ2v) is 5.83. The van der Waals surface area contributed by atoms with Crippen molar-refractivity contribution in [2.45, 2.75) is 52.1 Å². The van der Waals surface area contributed by atoms with Gasteiger partial charge in [0.25, 0.3) is 0 Å². The van der Waals surface area contributed by atoms with Gasteiger partial charge in [-0.1, -0.05) is 39.5 Å². The van der Waals surface area contributed by atoms with Gasteiger partial charge in [-0.2, -0.15) is 13.2 Å². The fourth-order valence-electron chi connectivity index (χ4n) is 2.20. The van der Waals surface area contributed by atoms with Crippen molar-refractivity contribution in [1.29, 1.82) is 0 Å². The number of alkyl halides is 3. The van der Waals surface area contributed by atoms with E-state index in [2.05, 4.69) is 19.2 Å². The van der Waals surface area contributed by atoms with Gasteiger partial charge < -0.3 is 11.1 Å². The minimum atomic E-state index is -4.38. The second kappa shape index (κ2) is 8.15. The average molecular weight is 302 g/mol. The average Bonchev–Trinajstić information content (AvgIpc) is 2.37. The van der Waals surface area contributed by atoms with Gasteiger partial charge in [-0.3, -0.25) is 0 Å². The Morgan fingerprint density at radius 1 is 1.10 bits per heavy atom. The van der Waals surface area contributed by atoms with E-state index in [1.54, 1.807) is 0 Å². The van der Waals surface area contributed by atoms with E-state index >= 15 is 0 Å². The first-order valence-corrected chi connectivity index (χ1v) is 7.51. The topological polar surface area (TPSA) is 38.0 Å². The van der Waals surface area contributed by atoms with Crippen molar-refractivity contribution in [3.05, 3.63) is 23.8 Å². The third-order valence-electron chi connectivity index (χ3n) is 3.37. The Morgan fingerprint density at radius 2 is 1.76 bits per heavy atom. The number of rotatable bonds is 8. The lowest BCUT2D eigenvalue weighted by Gasteiger charge is -2.15. The number of anilines is 2. The molecule has 3 N–H and O–H groups in total. The fourth-order valence-corrected chi connectivity index (χ4v) is 2.20. The molecule has 0 fully saturated rings. The molecular formula is C16H25F3N2. The van der Waals surface area contributed by atoms with Crippen LogP contribution in [-0.4, -0.2) is 6.54 Å². The van der Waals surface area contributed by atoms with Crippen LogP contribution < -0.4 is 11.1 Å². The van der Waals surface area contributed by atoms with Crippen LogP contribution in [0.3, 0.4) is 0 Å². The van der Waals surface area contributed by atoms with Crippen LogP contribution in [0.1, 0.15) is 51.5 Å². The van der Waals surface area contributed by atoms with Crippen molar-refractivity contribution in [1.82, 2.24) is 0 Å². The normalized spacial score (nSPS) is 11.9. The molecule has 5 heteroatoms. The van der Waals surface area contributed by atoms with E-state index < -0.39 is 11.7 Å². The molecule has 0 atom stereocenters. The van der Waals surface area contributed by atoms with Crippen LogP contribution >= 0.6 is 0 Å². The molecule has 0 spiro atoms. The highest BCUT2D eigenvalue weighted by Crippen LogP contribution is 2.36. The van der Waals surface area contributed by atoms with E-state index in [-0.39, 0.29) is 11.4 Å². The summed E-state index contributed by atoms with van der Waals surface area (Å²) in [6.45, 7) is 4.94. The SMILES string of the molecule is CC(C)CCCCCCNc1ccc(N)cc1C(F)(F)F. The van der Waals surface area contributed by atoms with Crippen molar-refractivity contribution < 1.29 is 13.2 Å². The zero-order valence-corrected chi connectivity index (χ0v) is 12.8. The van der Waals surface area contributed by atoms with Gasteiger partial charge in [-0.15, -0.1) is 0 Å². The maximum Gasteiger partial charge on any atom is 0.418 e. The van der Waals surface area contributed by atoms with Gasteiger partial charge in [0, 0.05) is 17.9 Å². The lowest BCUT2D eigenvalue weighted by Crippen LogP contribution is -2.12. The largest absolute Gasteiger partial charge is 0.418 e. The lowest BCUT2D eigenvalue weighted by atomic mass is 10.0. The standard InChI is InChI=1S/C16H25F3N2/c1-12(2)7-5-3-4-6-10-21-15-9-8-13(20)11-14(15)16(17,18)19/h8-9,11-12,21H,3-7,10,20H2,1-2H3. The summed E-state index contributed by atoms with van der Waals surface area (Å²) >= 11 is 0. The number of halogens is 3. The lowest BCUT2D eigenvalue weighted by molar-refractivity contribution is -0.136. The first kappa shape index (κ1) is 17.7. The minimum absolute atomic E-state index is 0.110. The molecule has 0 aliphatic carbocycles. The molecule has 0 radical (unpaired) electrons. The molecule has 1 rings (SSSR count). The molecule has 0 aliphatic rings. The van der Waals surface area contributed by atoms with Crippen molar-refractivity contribution in [2.75, 3.05) is 17.6 Å². The zero-order chi connectivity index (χ0) is 15.9. The molecule has 0 saturated carbocycles. The highest BCUT2D eigenvalue weighted by atomic mass is 19.4. The van der Waals surface area contributed by atoms with E-state index in [0.29, 0.717) is 12.5 Å². The monoisotopic (exact) mass is 302 g/mol. The maximum absolute atomic E-state index is 12.9. The van der Waals surface area contributed by atoms with Crippen molar-refractivity contribution in [3.63, 3.8) is 0 Å². The molecule has 0 saturated heterocycles. The van der Waals surface area contributed by atoms with Gasteiger partial charge in [0.1, 0.15) is 0 Å². The summed E-state index contributed by atoms with van der Waals surface area (Å²) in [6, 6.07) is 3.86. The van der Waals surface area contributed by atoms with E-state index in [1.165, 1.54) is 25.0 Å². The Kier molecular flexibility index (Phi) is 6.85. The van der Waals surface area contributed by atoms with Gasteiger partial charge in [0.15, 0.2) is 0 Å². The highest BCUT2D eigenvalue weighted by molar-refractivity contribution is 5.59. The van der Waals surface area contributed by atoms with E-state index in [4.69, 9.17) is 5.73 Å². The molecule has 0 aromatic heterocycles. The van der Waals surface area contributed by atoms with Gasteiger partial charge in [-0.25, -0.2) is 0 Å². The predicted molar refractivity (Wildman–Crippen MR) is 82.3 cm³/mol. The number of nitrogens with one attached hydrogen (secondary N) is 1. The molecule has 1 aromatic carbocycles. The molecule has 0 aliphatic heterocycles. The van der Waals surface area contributed by atoms with Gasteiger partial charge >= 0.3 is 6.18 Å². The summed E-state index contributed by atoms with van der Waals surface area (Å²) in [4.78, 5) is 0. The minimum Gasteiger partial charge on any atom is -0.399 e. The van der Waals surface area contributed by atoms with Crippen LogP contribution in [-0.2, 0) is 6.18 Å². The third-order valence-corrected chi connectivity index (χ3v) is 3.37. The number of unbranched alkanes of at least 4 members (excludes halogenated alkanes) is 3. The maximum atomic E-state index is 12.9. The molecule has 1 aromatic rings. The predicted octanol–water partition coefficient (Wildman–Crippen LogP) is 5.31. The number of benzene rings is 1. The van der Waals surface area contributed by atoms with E-state index in [9.17, 15) is 13.2 Å². The first-order valence-electron chi connectivity index (χ1n) is 7.51. The van der Waals surface area contributed by atoms with E-state index in [0.717, 1.165) is 25.3 Å². The van der Waals surface area contributed by atoms with Crippen molar-refractivity contribution in [2.24, 2.45) is 5.92 Å². The molecule has 2 nitrogen and oxygen atoms in total. The number of hydrogen-bond acceptors (Lipinski definition) is 2. The summed E-state index contributed by atoms with van der Waals surface area (Å²) in [7, 11) is 0. The first-order chi connectivity index (χ1) is 9.80. The number of hydrogen-bond donors (Lipinski definition) is 2. The number of nitrogens with two attached hydrogens (primary N) is 1. The van der Waals surface area contributed by atoms with Crippen molar-refractivity contribution >= 4 is 11.4 Å². The second-order valence-electron chi connectivity index (χ2n) is 5.83. The Morgan fingerprint density at radius 3 is 2.38 bits per heavy atom. The smallest absolute Gasteiger partial charge is 0.399 e. The molecular weight excluding hydrogens is 277 g/mol. The Bertz CT molecular complexity index is 428. The Balaban J connectivity index is 2.39. The molecule has 120 valence electrons. The molecule has 0 unspecified atom stereocenters. The summed E-state index contributed by atoms with van der Waals surface area (Å²) in [5, 5.41) is 2.87. The van der Waals surface area contributed by atoms with Gasteiger partial charge in [0.2, 0.25) is 0 Å². The molecule has 21 heavy (non-hydrogen) atoms. The molecule has 0 bridgehead atoms. The van der Waals surface area contributed by atoms with Crippen LogP contribution in [0, 0.1) is 5.92 Å². The molecule has 0 amide bonds. The summed E-state index contributed by atoms with van der Waals surface area (Å²) in [5.74, 6) is 0.715. The molecule has 0 heterocycles. The highest BCUT2D eigenvalue weighted by Gasteiger charge is 2.33. The van der Waals surface area contributed by atoms with Crippen LogP contribution in [0.15, 0.2) is 18.2 Å². The van der Waals surface area contributed by atoms with Gasteiger partial charge in [-0.05, 0) is 30.5 Å². The van der Waals surface area contributed by atoms with Gasteiger partial charge in [0.05, 0.1) is 5.56 Å². The van der Waals surface area contributed by atoms with Crippen LogP contribution in [0.4, 0.5) is 24.5 Å². The summed E-state index contributed by atoms with van der Waals surface area (Å²) in [6.07, 6.45) is 1.06. The van der Waals surface area contributed by atoms with E-state index in [1.807, 2.05) is 0 Å². The third kappa shape index (κ3) is 6.74. The van der Waals surface area contributed by atoms with Crippen molar-refractivity contribution in [3.8, 4) is 0 Å². The zero-order valence-electron chi connectivity index (χ0n) is 12.8. The van der Waals surface area contributed by atoms with Crippen LogP contribution in [0.2, 0.25) is 0 Å².